The molecule has 8 nitrogen and oxygen atoms in total. The molecule has 3 heterocycles. The van der Waals surface area contributed by atoms with Crippen molar-refractivity contribution in [2.75, 3.05) is 28.6 Å². The van der Waals surface area contributed by atoms with Gasteiger partial charge in [0.15, 0.2) is 0 Å². The van der Waals surface area contributed by atoms with Crippen molar-refractivity contribution in [2.45, 2.75) is 26.2 Å². The summed E-state index contributed by atoms with van der Waals surface area (Å²) in [6.45, 7) is 4.06. The Bertz CT molecular complexity index is 1250. The van der Waals surface area contributed by atoms with Gasteiger partial charge in [0, 0.05) is 41.8 Å². The van der Waals surface area contributed by atoms with Crippen molar-refractivity contribution in [3.8, 4) is 0 Å². The lowest BCUT2D eigenvalue weighted by Crippen LogP contribution is -2.30. The number of piperidine rings is 1. The monoisotopic (exact) mass is 445 g/mol. The second-order valence-electron chi connectivity index (χ2n) is 7.86. The lowest BCUT2D eigenvalue weighted by Gasteiger charge is -2.28. The molecular weight excluding hydrogens is 422 g/mol. The van der Waals surface area contributed by atoms with Crippen LogP contribution in [0.4, 0.5) is 23.1 Å². The van der Waals surface area contributed by atoms with Gasteiger partial charge >= 0.3 is 0 Å². The summed E-state index contributed by atoms with van der Waals surface area (Å²) in [6, 6.07) is 14.8. The van der Waals surface area contributed by atoms with Gasteiger partial charge in [-0.2, -0.15) is 13.7 Å². The first-order valence-corrected chi connectivity index (χ1v) is 11.4. The third kappa shape index (κ3) is 4.52. The molecule has 0 atom stereocenters. The highest BCUT2D eigenvalue weighted by Gasteiger charge is 2.14. The number of fused-ring (bicyclic) bond motifs is 1. The first-order valence-electron chi connectivity index (χ1n) is 10.7. The molecule has 0 radical (unpaired) electrons. The van der Waals surface area contributed by atoms with Crippen LogP contribution < -0.4 is 15.5 Å². The average molecular weight is 446 g/mol. The molecule has 0 saturated carbocycles. The second-order valence-corrected chi connectivity index (χ2v) is 8.39. The van der Waals surface area contributed by atoms with Crippen molar-refractivity contribution >= 4 is 51.8 Å². The van der Waals surface area contributed by atoms with Gasteiger partial charge < -0.3 is 15.5 Å². The SMILES string of the molecule is Cc1cc(N2CCCCC2)nc(Nc2ccc(NC(=O)c3ccc4nsnc4c3)cc2)n1. The molecule has 9 heteroatoms. The highest BCUT2D eigenvalue weighted by Crippen LogP contribution is 2.23. The molecule has 1 amide bonds. The van der Waals surface area contributed by atoms with Crippen molar-refractivity contribution in [3.63, 3.8) is 0 Å². The van der Waals surface area contributed by atoms with Crippen LogP contribution in [0.1, 0.15) is 35.3 Å². The molecule has 1 saturated heterocycles. The quantitative estimate of drug-likeness (QED) is 0.456. The molecule has 5 rings (SSSR count). The number of carbonyl (C=O) groups excluding carboxylic acids is 1. The number of carbonyl (C=O) groups is 1. The maximum Gasteiger partial charge on any atom is 0.255 e. The predicted octanol–water partition coefficient (Wildman–Crippen LogP) is 4.78. The van der Waals surface area contributed by atoms with Gasteiger partial charge in [-0.25, -0.2) is 4.98 Å². The second kappa shape index (κ2) is 8.88. The highest BCUT2D eigenvalue weighted by molar-refractivity contribution is 7.00. The van der Waals surface area contributed by atoms with Crippen LogP contribution in [-0.2, 0) is 0 Å². The summed E-state index contributed by atoms with van der Waals surface area (Å²) in [6.07, 6.45) is 3.69. The Balaban J connectivity index is 1.26. The van der Waals surface area contributed by atoms with Gasteiger partial charge in [0.2, 0.25) is 5.95 Å². The van der Waals surface area contributed by atoms with E-state index in [1.165, 1.54) is 19.3 Å². The summed E-state index contributed by atoms with van der Waals surface area (Å²) in [4.78, 5) is 24.1. The molecule has 0 spiro atoms. The number of hydrogen-bond donors (Lipinski definition) is 2. The molecule has 1 fully saturated rings. The smallest absolute Gasteiger partial charge is 0.255 e. The fourth-order valence-electron chi connectivity index (χ4n) is 3.79. The maximum atomic E-state index is 12.6. The average Bonchev–Trinajstić information content (AvgIpc) is 3.28. The summed E-state index contributed by atoms with van der Waals surface area (Å²) in [5, 5.41) is 6.20. The fraction of sp³-hybridized carbons (Fsp3) is 0.261. The summed E-state index contributed by atoms with van der Waals surface area (Å²) < 4.78 is 8.35. The van der Waals surface area contributed by atoms with Crippen LogP contribution in [0.5, 0.6) is 0 Å². The topological polar surface area (TPSA) is 95.9 Å². The van der Waals surface area contributed by atoms with Gasteiger partial charge in [-0.15, -0.1) is 0 Å². The lowest BCUT2D eigenvalue weighted by atomic mass is 10.1. The molecule has 0 unspecified atom stereocenters. The first-order chi connectivity index (χ1) is 15.6. The normalized spacial score (nSPS) is 13.8. The zero-order valence-corrected chi connectivity index (χ0v) is 18.5. The Morgan fingerprint density at radius 1 is 0.906 bits per heavy atom. The van der Waals surface area contributed by atoms with Crippen LogP contribution in [0.2, 0.25) is 0 Å². The number of aryl methyl sites for hydroxylation is 1. The van der Waals surface area contributed by atoms with Crippen molar-refractivity contribution < 1.29 is 4.79 Å². The minimum atomic E-state index is -0.186. The third-order valence-electron chi connectivity index (χ3n) is 5.44. The number of hydrogen-bond acceptors (Lipinski definition) is 8. The number of nitrogens with one attached hydrogen (secondary N) is 2. The number of rotatable bonds is 5. The van der Waals surface area contributed by atoms with Crippen LogP contribution in [0, 0.1) is 6.92 Å². The zero-order chi connectivity index (χ0) is 21.9. The summed E-state index contributed by atoms with van der Waals surface area (Å²) in [7, 11) is 0. The largest absolute Gasteiger partial charge is 0.356 e. The predicted molar refractivity (Wildman–Crippen MR) is 128 cm³/mol. The number of aromatic nitrogens is 4. The Labute approximate surface area is 190 Å². The van der Waals surface area contributed by atoms with E-state index < -0.39 is 0 Å². The Kier molecular flexibility index (Phi) is 5.64. The molecule has 32 heavy (non-hydrogen) atoms. The number of nitrogens with zero attached hydrogens (tertiary/aromatic N) is 5. The van der Waals surface area contributed by atoms with E-state index in [-0.39, 0.29) is 5.91 Å². The van der Waals surface area contributed by atoms with Gasteiger partial charge in [0.05, 0.1) is 11.7 Å². The van der Waals surface area contributed by atoms with Crippen LogP contribution in [0.3, 0.4) is 0 Å². The van der Waals surface area contributed by atoms with E-state index in [2.05, 4.69) is 29.3 Å². The molecule has 1 aliphatic rings. The van der Waals surface area contributed by atoms with Crippen LogP contribution >= 0.6 is 11.7 Å². The Morgan fingerprint density at radius 2 is 1.66 bits per heavy atom. The van der Waals surface area contributed by atoms with Crippen LogP contribution in [0.15, 0.2) is 48.5 Å². The molecule has 162 valence electrons. The Hall–Kier alpha value is -3.59. The van der Waals surface area contributed by atoms with Gasteiger partial charge in [-0.05, 0) is 68.7 Å². The summed E-state index contributed by atoms with van der Waals surface area (Å²) in [5.74, 6) is 1.36. The van der Waals surface area contributed by atoms with Gasteiger partial charge in [0.1, 0.15) is 16.9 Å². The minimum Gasteiger partial charge on any atom is -0.356 e. The highest BCUT2D eigenvalue weighted by atomic mass is 32.1. The van der Waals surface area contributed by atoms with E-state index in [1.54, 1.807) is 18.2 Å². The molecule has 2 N–H and O–H groups in total. The zero-order valence-electron chi connectivity index (χ0n) is 17.7. The van der Waals surface area contributed by atoms with Crippen molar-refractivity contribution in [1.82, 2.24) is 18.7 Å². The van der Waals surface area contributed by atoms with E-state index in [0.29, 0.717) is 17.2 Å². The minimum absolute atomic E-state index is 0.186. The standard InChI is InChI=1S/C23H23N7OS/c1-15-13-21(30-11-3-2-4-12-30)27-23(24-15)26-18-8-6-17(7-9-18)25-22(31)16-5-10-19-20(14-16)29-32-28-19/h5-10,13-14H,2-4,11-12H2,1H3,(H,25,31)(H,24,26,27). The van der Waals surface area contributed by atoms with Gasteiger partial charge in [-0.1, -0.05) is 0 Å². The van der Waals surface area contributed by atoms with E-state index in [1.807, 2.05) is 37.3 Å². The summed E-state index contributed by atoms with van der Waals surface area (Å²) >= 11 is 1.14. The van der Waals surface area contributed by atoms with Crippen molar-refractivity contribution in [1.29, 1.82) is 0 Å². The molecule has 2 aromatic carbocycles. The van der Waals surface area contributed by atoms with E-state index in [4.69, 9.17) is 4.98 Å². The molecule has 0 bridgehead atoms. The Morgan fingerprint density at radius 3 is 2.47 bits per heavy atom. The van der Waals surface area contributed by atoms with E-state index >= 15 is 0 Å². The van der Waals surface area contributed by atoms with Crippen LogP contribution in [0.25, 0.3) is 11.0 Å². The maximum absolute atomic E-state index is 12.6. The molecule has 1 aliphatic heterocycles. The third-order valence-corrected chi connectivity index (χ3v) is 5.99. The lowest BCUT2D eigenvalue weighted by molar-refractivity contribution is 0.102. The fourth-order valence-corrected chi connectivity index (χ4v) is 4.30. The summed E-state index contributed by atoms with van der Waals surface area (Å²) in [5.41, 5.74) is 4.56. The molecule has 0 aliphatic carbocycles. The number of amides is 1. The van der Waals surface area contributed by atoms with Crippen molar-refractivity contribution in [3.05, 3.63) is 59.8 Å². The van der Waals surface area contributed by atoms with Crippen molar-refractivity contribution in [2.24, 2.45) is 0 Å². The van der Waals surface area contributed by atoms with Gasteiger partial charge in [-0.3, -0.25) is 4.79 Å². The molecule has 4 aromatic rings. The molecular formula is C23H23N7OS. The number of benzene rings is 2. The number of anilines is 4. The van der Waals surface area contributed by atoms with E-state index in [9.17, 15) is 4.79 Å². The van der Waals surface area contributed by atoms with Crippen LogP contribution in [-0.4, -0.2) is 37.7 Å². The molecule has 2 aromatic heterocycles. The van der Waals surface area contributed by atoms with E-state index in [0.717, 1.165) is 53.1 Å². The first kappa shape index (κ1) is 20.3. The van der Waals surface area contributed by atoms with Gasteiger partial charge in [0.25, 0.3) is 5.91 Å².